The van der Waals surface area contributed by atoms with E-state index in [1.54, 1.807) is 12.1 Å². The van der Waals surface area contributed by atoms with Crippen LogP contribution in [0.3, 0.4) is 0 Å². The predicted octanol–water partition coefficient (Wildman–Crippen LogP) is 0.976. The van der Waals surface area contributed by atoms with Crippen LogP contribution in [0.25, 0.3) is 0 Å². The number of cyclic esters (lactones) is 1. The van der Waals surface area contributed by atoms with Crippen molar-refractivity contribution in [3.63, 3.8) is 0 Å². The van der Waals surface area contributed by atoms with Gasteiger partial charge in [-0.05, 0) is 24.3 Å². The quantitative estimate of drug-likeness (QED) is 0.725. The number of hydrogen-bond acceptors (Lipinski definition) is 6. The molecular formula is C13H14BrNO6S. The minimum absolute atomic E-state index is 0.100. The number of ether oxygens (including phenoxy) is 2. The zero-order valence-corrected chi connectivity index (χ0v) is 13.9. The van der Waals surface area contributed by atoms with E-state index in [1.165, 1.54) is 12.1 Å². The third kappa shape index (κ3) is 4.52. The molecule has 1 atom stereocenters. The van der Waals surface area contributed by atoms with Gasteiger partial charge in [0, 0.05) is 17.4 Å². The van der Waals surface area contributed by atoms with Crippen molar-refractivity contribution < 1.29 is 27.5 Å². The van der Waals surface area contributed by atoms with E-state index in [1.807, 2.05) is 0 Å². The Labute approximate surface area is 136 Å². The van der Waals surface area contributed by atoms with Crippen molar-refractivity contribution in [1.29, 1.82) is 0 Å². The van der Waals surface area contributed by atoms with Crippen molar-refractivity contribution in [3.8, 4) is 0 Å². The van der Waals surface area contributed by atoms with Crippen LogP contribution in [0.1, 0.15) is 12.8 Å². The summed E-state index contributed by atoms with van der Waals surface area (Å²) in [6, 6.07) is 6.10. The molecule has 0 saturated carbocycles. The zero-order chi connectivity index (χ0) is 16.2. The molecule has 1 aliphatic rings. The van der Waals surface area contributed by atoms with E-state index in [-0.39, 0.29) is 24.5 Å². The molecule has 120 valence electrons. The van der Waals surface area contributed by atoms with Gasteiger partial charge in [0.25, 0.3) is 0 Å². The van der Waals surface area contributed by atoms with E-state index in [4.69, 9.17) is 4.74 Å². The summed E-state index contributed by atoms with van der Waals surface area (Å²) in [7, 11) is -3.68. The molecular weight excluding hydrogens is 378 g/mol. The number of benzene rings is 1. The van der Waals surface area contributed by atoms with E-state index in [9.17, 15) is 18.0 Å². The molecule has 1 aliphatic heterocycles. The van der Waals surface area contributed by atoms with E-state index in [0.717, 1.165) is 4.47 Å². The Kier molecular flexibility index (Phi) is 5.54. The first kappa shape index (κ1) is 16.9. The van der Waals surface area contributed by atoms with E-state index in [0.29, 0.717) is 6.42 Å². The lowest BCUT2D eigenvalue weighted by atomic mass is 10.3. The number of carbonyl (C=O) groups excluding carboxylic acids is 2. The van der Waals surface area contributed by atoms with Crippen LogP contribution in [-0.4, -0.2) is 39.6 Å². The SMILES string of the molecule is O=C(CCNS(=O)(=O)c1ccc(Br)cc1)O[C@@H]1CCOC1=O. The summed E-state index contributed by atoms with van der Waals surface area (Å²) >= 11 is 3.22. The van der Waals surface area contributed by atoms with Crippen LogP contribution in [0.4, 0.5) is 0 Å². The highest BCUT2D eigenvalue weighted by atomic mass is 79.9. The number of hydrogen-bond donors (Lipinski definition) is 1. The first-order valence-electron chi connectivity index (χ1n) is 6.50. The van der Waals surface area contributed by atoms with Crippen LogP contribution in [0.2, 0.25) is 0 Å². The molecule has 1 heterocycles. The highest BCUT2D eigenvalue weighted by molar-refractivity contribution is 9.10. The highest BCUT2D eigenvalue weighted by Crippen LogP contribution is 2.14. The van der Waals surface area contributed by atoms with Crippen LogP contribution in [0.15, 0.2) is 33.6 Å². The molecule has 0 bridgehead atoms. The summed E-state index contributed by atoms with van der Waals surface area (Å²) < 4.78 is 36.6. The monoisotopic (exact) mass is 391 g/mol. The van der Waals surface area contributed by atoms with Crippen molar-refractivity contribution in [2.75, 3.05) is 13.2 Å². The number of esters is 2. The Morgan fingerprint density at radius 1 is 1.36 bits per heavy atom. The molecule has 0 unspecified atom stereocenters. The molecule has 2 rings (SSSR count). The minimum Gasteiger partial charge on any atom is -0.463 e. The molecule has 1 fully saturated rings. The Bertz CT molecular complexity index is 658. The maximum Gasteiger partial charge on any atom is 0.347 e. The Morgan fingerprint density at radius 3 is 2.64 bits per heavy atom. The normalized spacial score (nSPS) is 18.0. The molecule has 0 radical (unpaired) electrons. The molecule has 1 aromatic carbocycles. The summed E-state index contributed by atoms with van der Waals surface area (Å²) in [5.74, 6) is -1.22. The molecule has 0 aromatic heterocycles. The minimum atomic E-state index is -3.68. The first-order chi connectivity index (χ1) is 10.4. The van der Waals surface area contributed by atoms with Crippen molar-refractivity contribution in [2.45, 2.75) is 23.8 Å². The largest absolute Gasteiger partial charge is 0.463 e. The maximum absolute atomic E-state index is 12.0. The van der Waals surface area contributed by atoms with Crippen molar-refractivity contribution in [1.82, 2.24) is 4.72 Å². The molecule has 9 heteroatoms. The van der Waals surface area contributed by atoms with Gasteiger partial charge in [0.15, 0.2) is 0 Å². The lowest BCUT2D eigenvalue weighted by Crippen LogP contribution is -2.29. The third-order valence-corrected chi connectivity index (χ3v) is 4.91. The van der Waals surface area contributed by atoms with Crippen LogP contribution < -0.4 is 4.72 Å². The Balaban J connectivity index is 1.81. The fourth-order valence-corrected chi connectivity index (χ4v) is 3.08. The number of carbonyl (C=O) groups is 2. The number of rotatable bonds is 6. The van der Waals surface area contributed by atoms with Gasteiger partial charge in [0.1, 0.15) is 0 Å². The molecule has 1 N–H and O–H groups in total. The highest BCUT2D eigenvalue weighted by Gasteiger charge is 2.30. The molecule has 22 heavy (non-hydrogen) atoms. The standard InChI is InChI=1S/C13H14BrNO6S/c14-9-1-3-10(4-2-9)22(18,19)15-7-5-12(16)21-11-6-8-20-13(11)17/h1-4,11,15H,5-8H2/t11-/m1/s1. The van der Waals surface area contributed by atoms with Gasteiger partial charge >= 0.3 is 11.9 Å². The summed E-state index contributed by atoms with van der Waals surface area (Å²) in [6.45, 7) is 0.117. The zero-order valence-electron chi connectivity index (χ0n) is 11.5. The van der Waals surface area contributed by atoms with Crippen LogP contribution in [-0.2, 0) is 29.1 Å². The number of nitrogens with one attached hydrogen (secondary N) is 1. The van der Waals surface area contributed by atoms with Gasteiger partial charge in [-0.1, -0.05) is 15.9 Å². The molecule has 7 nitrogen and oxygen atoms in total. The van der Waals surface area contributed by atoms with Crippen LogP contribution in [0.5, 0.6) is 0 Å². The number of halogens is 1. The molecule has 1 aromatic rings. The first-order valence-corrected chi connectivity index (χ1v) is 8.77. The molecule has 0 spiro atoms. The van der Waals surface area contributed by atoms with Crippen molar-refractivity contribution >= 4 is 37.9 Å². The van der Waals surface area contributed by atoms with E-state index >= 15 is 0 Å². The second-order valence-electron chi connectivity index (χ2n) is 4.54. The van der Waals surface area contributed by atoms with Gasteiger partial charge in [-0.2, -0.15) is 0 Å². The average Bonchev–Trinajstić information content (AvgIpc) is 2.84. The fraction of sp³-hybridized carbons (Fsp3) is 0.385. The number of sulfonamides is 1. The van der Waals surface area contributed by atoms with Crippen molar-refractivity contribution in [2.24, 2.45) is 0 Å². The lowest BCUT2D eigenvalue weighted by molar-refractivity contribution is -0.160. The van der Waals surface area contributed by atoms with Gasteiger partial charge in [0.05, 0.1) is 17.9 Å². The van der Waals surface area contributed by atoms with Gasteiger partial charge in [0.2, 0.25) is 16.1 Å². The lowest BCUT2D eigenvalue weighted by Gasteiger charge is -2.09. The summed E-state index contributed by atoms with van der Waals surface area (Å²) in [5, 5.41) is 0. The maximum atomic E-state index is 12.0. The van der Waals surface area contributed by atoms with Gasteiger partial charge in [-0.15, -0.1) is 0 Å². The van der Waals surface area contributed by atoms with Gasteiger partial charge < -0.3 is 9.47 Å². The Morgan fingerprint density at radius 2 is 2.05 bits per heavy atom. The summed E-state index contributed by atoms with van der Waals surface area (Å²) in [5.41, 5.74) is 0. The fourth-order valence-electron chi connectivity index (χ4n) is 1.79. The van der Waals surface area contributed by atoms with Crippen LogP contribution >= 0.6 is 15.9 Å². The molecule has 0 amide bonds. The van der Waals surface area contributed by atoms with Crippen LogP contribution in [0, 0.1) is 0 Å². The van der Waals surface area contributed by atoms with Crippen molar-refractivity contribution in [3.05, 3.63) is 28.7 Å². The smallest absolute Gasteiger partial charge is 0.347 e. The van der Waals surface area contributed by atoms with Gasteiger partial charge in [-0.25, -0.2) is 17.9 Å². The summed E-state index contributed by atoms with van der Waals surface area (Å²) in [6.07, 6.45) is -0.718. The topological polar surface area (TPSA) is 98.8 Å². The Hall–Kier alpha value is -1.45. The third-order valence-electron chi connectivity index (χ3n) is 2.91. The predicted molar refractivity (Wildman–Crippen MR) is 79.4 cm³/mol. The van der Waals surface area contributed by atoms with E-state index < -0.39 is 28.1 Å². The molecule has 0 aliphatic carbocycles. The second kappa shape index (κ2) is 7.21. The average molecular weight is 392 g/mol. The molecule has 1 saturated heterocycles. The van der Waals surface area contributed by atoms with E-state index in [2.05, 4.69) is 25.4 Å². The summed E-state index contributed by atoms with van der Waals surface area (Å²) in [4.78, 5) is 22.8. The second-order valence-corrected chi connectivity index (χ2v) is 7.22. The van der Waals surface area contributed by atoms with Gasteiger partial charge in [-0.3, -0.25) is 4.79 Å².